The van der Waals surface area contributed by atoms with Crippen molar-refractivity contribution in [1.82, 2.24) is 0 Å². The van der Waals surface area contributed by atoms with Gasteiger partial charge in [-0.05, 0) is 74.5 Å². The van der Waals surface area contributed by atoms with Crippen LogP contribution in [0.2, 0.25) is 0 Å². The molecule has 2 saturated carbocycles. The molecular weight excluding hydrogens is 254 g/mol. The monoisotopic (exact) mass is 285 g/mol. The largest absolute Gasteiger partial charge is 0.382 e. The highest BCUT2D eigenvalue weighted by atomic mass is 14.9. The van der Waals surface area contributed by atoms with Crippen molar-refractivity contribution < 1.29 is 0 Å². The molecule has 2 aliphatic carbocycles. The van der Waals surface area contributed by atoms with Crippen molar-refractivity contribution in [2.45, 2.75) is 83.6 Å². The first-order chi connectivity index (χ1) is 10.3. The Bertz CT molecular complexity index is 418. The summed E-state index contributed by atoms with van der Waals surface area (Å²) in [6, 6.07) is 9.88. The van der Waals surface area contributed by atoms with E-state index in [9.17, 15) is 0 Å². The lowest BCUT2D eigenvalue weighted by Gasteiger charge is -2.37. The molecule has 2 fully saturated rings. The Hall–Kier alpha value is -0.980. The van der Waals surface area contributed by atoms with Gasteiger partial charge in [0.15, 0.2) is 0 Å². The van der Waals surface area contributed by atoms with Crippen LogP contribution in [0.5, 0.6) is 0 Å². The number of nitrogens with one attached hydrogen (secondary N) is 1. The first-order valence-corrected chi connectivity index (χ1v) is 9.15. The van der Waals surface area contributed by atoms with Gasteiger partial charge in [0.1, 0.15) is 0 Å². The molecule has 0 bridgehead atoms. The predicted octanol–water partition coefficient (Wildman–Crippen LogP) is 5.94. The third-order valence-corrected chi connectivity index (χ3v) is 5.85. The molecule has 0 saturated heterocycles. The van der Waals surface area contributed by atoms with Crippen LogP contribution in [-0.4, -0.2) is 6.04 Å². The number of anilines is 1. The Morgan fingerprint density at radius 2 is 1.67 bits per heavy atom. The minimum atomic E-state index is 0.706. The highest BCUT2D eigenvalue weighted by molar-refractivity contribution is 5.45. The van der Waals surface area contributed by atoms with Crippen molar-refractivity contribution in [2.24, 2.45) is 5.41 Å². The Labute approximate surface area is 130 Å². The van der Waals surface area contributed by atoms with Crippen LogP contribution < -0.4 is 5.32 Å². The molecule has 0 unspecified atom stereocenters. The molecule has 0 aliphatic heterocycles. The van der Waals surface area contributed by atoms with E-state index in [0.29, 0.717) is 6.04 Å². The van der Waals surface area contributed by atoms with Gasteiger partial charge < -0.3 is 5.32 Å². The first-order valence-electron chi connectivity index (χ1n) is 9.15. The summed E-state index contributed by atoms with van der Waals surface area (Å²) >= 11 is 0. The van der Waals surface area contributed by atoms with Crippen LogP contribution >= 0.6 is 0 Å². The highest BCUT2D eigenvalue weighted by Crippen LogP contribution is 2.49. The summed E-state index contributed by atoms with van der Waals surface area (Å²) in [6.07, 6.45) is 15.4. The summed E-state index contributed by atoms with van der Waals surface area (Å²) in [5, 5.41) is 3.77. The number of rotatable bonds is 5. The number of hydrogen-bond acceptors (Lipinski definition) is 1. The lowest BCUT2D eigenvalue weighted by molar-refractivity contribution is 0.188. The minimum absolute atomic E-state index is 0.706. The molecule has 0 aromatic heterocycles. The molecule has 1 nitrogen and oxygen atoms in total. The molecule has 2 aliphatic rings. The maximum atomic E-state index is 3.77. The van der Waals surface area contributed by atoms with Gasteiger partial charge in [-0.25, -0.2) is 0 Å². The number of aryl methyl sites for hydroxylation is 1. The molecule has 1 spiro atoms. The SMILES string of the molecule is CCCCc1ccc(NC2CCC3(CCCC3)CC2)cc1. The molecule has 1 aromatic rings. The van der Waals surface area contributed by atoms with Gasteiger partial charge >= 0.3 is 0 Å². The smallest absolute Gasteiger partial charge is 0.0342 e. The van der Waals surface area contributed by atoms with Crippen LogP contribution in [0.1, 0.15) is 76.7 Å². The molecule has 0 amide bonds. The summed E-state index contributed by atoms with van der Waals surface area (Å²) < 4.78 is 0. The van der Waals surface area contributed by atoms with E-state index in [1.165, 1.54) is 81.9 Å². The van der Waals surface area contributed by atoms with Gasteiger partial charge in [-0.2, -0.15) is 0 Å². The average Bonchev–Trinajstić information content (AvgIpc) is 2.98. The molecule has 21 heavy (non-hydrogen) atoms. The molecule has 116 valence electrons. The molecule has 0 atom stereocenters. The first kappa shape index (κ1) is 14.9. The van der Waals surface area contributed by atoms with Crippen LogP contribution in [0.4, 0.5) is 5.69 Å². The zero-order chi connectivity index (χ0) is 14.5. The van der Waals surface area contributed by atoms with E-state index in [1.54, 1.807) is 0 Å². The van der Waals surface area contributed by atoms with E-state index >= 15 is 0 Å². The summed E-state index contributed by atoms with van der Waals surface area (Å²) in [4.78, 5) is 0. The van der Waals surface area contributed by atoms with Crippen molar-refractivity contribution in [3.8, 4) is 0 Å². The van der Waals surface area contributed by atoms with E-state index in [2.05, 4.69) is 36.5 Å². The van der Waals surface area contributed by atoms with Crippen molar-refractivity contribution in [3.63, 3.8) is 0 Å². The van der Waals surface area contributed by atoms with Crippen LogP contribution in [0.3, 0.4) is 0 Å². The normalized spacial score (nSPS) is 21.8. The van der Waals surface area contributed by atoms with Gasteiger partial charge in [0, 0.05) is 11.7 Å². The molecule has 0 radical (unpaired) electrons. The third-order valence-electron chi connectivity index (χ3n) is 5.85. The van der Waals surface area contributed by atoms with Gasteiger partial charge in [0.2, 0.25) is 0 Å². The van der Waals surface area contributed by atoms with Gasteiger partial charge in [0.25, 0.3) is 0 Å². The van der Waals surface area contributed by atoms with Gasteiger partial charge in [0.05, 0.1) is 0 Å². The second-order valence-electron chi connectivity index (χ2n) is 7.43. The number of unbranched alkanes of at least 4 members (excludes halogenated alkanes) is 1. The fourth-order valence-corrected chi connectivity index (χ4v) is 4.38. The fraction of sp³-hybridized carbons (Fsp3) is 0.700. The topological polar surface area (TPSA) is 12.0 Å². The fourth-order valence-electron chi connectivity index (χ4n) is 4.38. The van der Waals surface area contributed by atoms with Gasteiger partial charge in [-0.3, -0.25) is 0 Å². The Morgan fingerprint density at radius 3 is 2.29 bits per heavy atom. The molecule has 1 aromatic carbocycles. The lowest BCUT2D eigenvalue weighted by Crippen LogP contribution is -2.31. The maximum absolute atomic E-state index is 3.77. The van der Waals surface area contributed by atoms with Crippen molar-refractivity contribution >= 4 is 5.69 Å². The maximum Gasteiger partial charge on any atom is 0.0342 e. The van der Waals surface area contributed by atoms with E-state index in [0.717, 1.165) is 5.41 Å². The van der Waals surface area contributed by atoms with Crippen LogP contribution in [0, 0.1) is 5.41 Å². The summed E-state index contributed by atoms with van der Waals surface area (Å²) in [7, 11) is 0. The van der Waals surface area contributed by atoms with Gasteiger partial charge in [-0.1, -0.05) is 38.3 Å². The second kappa shape index (κ2) is 6.85. The van der Waals surface area contributed by atoms with Crippen LogP contribution in [-0.2, 0) is 6.42 Å². The van der Waals surface area contributed by atoms with E-state index in [1.807, 2.05) is 0 Å². The zero-order valence-electron chi connectivity index (χ0n) is 13.7. The van der Waals surface area contributed by atoms with Crippen LogP contribution in [0.15, 0.2) is 24.3 Å². The number of hydrogen-bond donors (Lipinski definition) is 1. The van der Waals surface area contributed by atoms with E-state index in [-0.39, 0.29) is 0 Å². The average molecular weight is 285 g/mol. The highest BCUT2D eigenvalue weighted by Gasteiger charge is 2.37. The predicted molar refractivity (Wildman–Crippen MR) is 91.8 cm³/mol. The quantitative estimate of drug-likeness (QED) is 0.705. The Kier molecular flexibility index (Phi) is 4.87. The van der Waals surface area contributed by atoms with E-state index < -0.39 is 0 Å². The molecule has 3 rings (SSSR count). The standard InChI is InChI=1S/C20H31N/c1-2-3-6-17-7-9-18(10-8-17)21-19-11-15-20(16-12-19)13-4-5-14-20/h7-10,19,21H,2-6,11-16H2,1H3. The molecular formula is C20H31N. The molecule has 1 heteroatoms. The molecule has 1 N–H and O–H groups in total. The van der Waals surface area contributed by atoms with Crippen molar-refractivity contribution in [2.75, 3.05) is 5.32 Å². The minimum Gasteiger partial charge on any atom is -0.382 e. The lowest BCUT2D eigenvalue weighted by atomic mass is 9.71. The Balaban J connectivity index is 1.48. The molecule has 0 heterocycles. The van der Waals surface area contributed by atoms with Crippen LogP contribution in [0.25, 0.3) is 0 Å². The summed E-state index contributed by atoms with van der Waals surface area (Å²) in [5.41, 5.74) is 3.56. The van der Waals surface area contributed by atoms with Crippen molar-refractivity contribution in [3.05, 3.63) is 29.8 Å². The van der Waals surface area contributed by atoms with Crippen molar-refractivity contribution in [1.29, 1.82) is 0 Å². The van der Waals surface area contributed by atoms with E-state index in [4.69, 9.17) is 0 Å². The van der Waals surface area contributed by atoms with Gasteiger partial charge in [-0.15, -0.1) is 0 Å². The zero-order valence-corrected chi connectivity index (χ0v) is 13.7. The summed E-state index contributed by atoms with van der Waals surface area (Å²) in [5.74, 6) is 0. The summed E-state index contributed by atoms with van der Waals surface area (Å²) in [6.45, 7) is 2.26. The number of benzene rings is 1. The Morgan fingerprint density at radius 1 is 1.00 bits per heavy atom. The second-order valence-corrected chi connectivity index (χ2v) is 7.43. The third kappa shape index (κ3) is 3.81.